The first-order valence-corrected chi connectivity index (χ1v) is 8.40. The van der Waals surface area contributed by atoms with Gasteiger partial charge >= 0.3 is 0 Å². The van der Waals surface area contributed by atoms with Gasteiger partial charge in [-0.05, 0) is 57.4 Å². The normalized spacial score (nSPS) is 31.5. The maximum absolute atomic E-state index is 3.83. The zero-order valence-corrected chi connectivity index (χ0v) is 13.2. The molecule has 1 atom stereocenters. The van der Waals surface area contributed by atoms with Crippen LogP contribution in [0.4, 0.5) is 0 Å². The van der Waals surface area contributed by atoms with Gasteiger partial charge in [0.05, 0.1) is 0 Å². The van der Waals surface area contributed by atoms with Crippen LogP contribution in [0.2, 0.25) is 0 Å². The highest BCUT2D eigenvalue weighted by Crippen LogP contribution is 2.42. The molecule has 1 unspecified atom stereocenters. The van der Waals surface area contributed by atoms with E-state index >= 15 is 0 Å². The van der Waals surface area contributed by atoms with Crippen LogP contribution in [-0.4, -0.2) is 35.6 Å². The predicted octanol–water partition coefficient (Wildman–Crippen LogP) is 3.14. The third-order valence-corrected chi connectivity index (χ3v) is 5.92. The number of nitrogens with zero attached hydrogens (tertiary/aromatic N) is 1. The number of thiophene rings is 1. The zero-order chi connectivity index (χ0) is 13.5. The molecule has 1 aromatic rings. The largest absolute Gasteiger partial charge is 0.308 e. The fraction of sp³-hybridized carbons (Fsp3) is 0.750. The van der Waals surface area contributed by atoms with Crippen molar-refractivity contribution in [3.63, 3.8) is 0 Å². The van der Waals surface area contributed by atoms with Crippen LogP contribution >= 0.6 is 11.3 Å². The number of nitrogens with one attached hydrogen (secondary N) is 1. The zero-order valence-electron chi connectivity index (χ0n) is 12.4. The lowest BCUT2D eigenvalue weighted by Gasteiger charge is -2.51. The van der Waals surface area contributed by atoms with Crippen molar-refractivity contribution in [1.82, 2.24) is 10.2 Å². The molecule has 0 spiro atoms. The number of rotatable bonds is 4. The monoisotopic (exact) mass is 278 g/mol. The first-order chi connectivity index (χ1) is 9.00. The van der Waals surface area contributed by atoms with Crippen LogP contribution < -0.4 is 5.32 Å². The standard InChI is InChI=1S/C16H26N2S/c1-15(2)11-17-16(3,13-6-7-13)12-18(15)9-8-14-5-4-10-19-14/h4-5,10,13,17H,6-9,11-12H2,1-3H3. The Bertz CT molecular complexity index is 422. The highest BCUT2D eigenvalue weighted by molar-refractivity contribution is 7.09. The molecule has 0 amide bonds. The highest BCUT2D eigenvalue weighted by Gasteiger charge is 2.47. The summed E-state index contributed by atoms with van der Waals surface area (Å²) in [5, 5.41) is 6.02. The fourth-order valence-electron chi connectivity index (χ4n) is 3.27. The average Bonchev–Trinajstić information content (AvgIpc) is 3.10. The smallest absolute Gasteiger partial charge is 0.0309 e. The van der Waals surface area contributed by atoms with Gasteiger partial charge in [-0.3, -0.25) is 4.90 Å². The van der Waals surface area contributed by atoms with Gasteiger partial charge in [0.25, 0.3) is 0 Å². The Morgan fingerprint density at radius 1 is 1.37 bits per heavy atom. The van der Waals surface area contributed by atoms with Crippen molar-refractivity contribution in [3.8, 4) is 0 Å². The van der Waals surface area contributed by atoms with Crippen LogP contribution in [0.15, 0.2) is 17.5 Å². The molecule has 2 heterocycles. The van der Waals surface area contributed by atoms with Crippen LogP contribution in [0.5, 0.6) is 0 Å². The summed E-state index contributed by atoms with van der Waals surface area (Å²) < 4.78 is 0. The second-order valence-electron chi connectivity index (χ2n) is 7.11. The van der Waals surface area contributed by atoms with Gasteiger partial charge in [-0.1, -0.05) is 6.07 Å². The molecule has 3 rings (SSSR count). The number of hydrogen-bond donors (Lipinski definition) is 1. The van der Waals surface area contributed by atoms with Gasteiger partial charge < -0.3 is 5.32 Å². The molecule has 19 heavy (non-hydrogen) atoms. The lowest BCUT2D eigenvalue weighted by molar-refractivity contribution is 0.0254. The van der Waals surface area contributed by atoms with Crippen molar-refractivity contribution in [3.05, 3.63) is 22.4 Å². The van der Waals surface area contributed by atoms with E-state index in [1.165, 1.54) is 37.2 Å². The number of piperazine rings is 1. The molecule has 0 aromatic carbocycles. The highest BCUT2D eigenvalue weighted by atomic mass is 32.1. The van der Waals surface area contributed by atoms with E-state index in [9.17, 15) is 0 Å². The summed E-state index contributed by atoms with van der Waals surface area (Å²) in [4.78, 5) is 4.23. The summed E-state index contributed by atoms with van der Waals surface area (Å²) in [6.45, 7) is 10.7. The van der Waals surface area contributed by atoms with E-state index in [2.05, 4.69) is 48.5 Å². The van der Waals surface area contributed by atoms with Gasteiger partial charge in [-0.15, -0.1) is 11.3 Å². The summed E-state index contributed by atoms with van der Waals surface area (Å²) in [5.41, 5.74) is 0.636. The molecule has 2 aliphatic rings. The molecule has 1 aliphatic carbocycles. The molecule has 0 radical (unpaired) electrons. The van der Waals surface area contributed by atoms with Crippen molar-refractivity contribution < 1.29 is 0 Å². The Labute approximate surface area is 121 Å². The molecule has 1 saturated heterocycles. The topological polar surface area (TPSA) is 15.3 Å². The Hall–Kier alpha value is -0.380. The van der Waals surface area contributed by atoms with E-state index in [1.807, 2.05) is 11.3 Å². The Kier molecular flexibility index (Phi) is 3.48. The van der Waals surface area contributed by atoms with Crippen LogP contribution in [0.3, 0.4) is 0 Å². The van der Waals surface area contributed by atoms with Crippen molar-refractivity contribution >= 4 is 11.3 Å². The summed E-state index contributed by atoms with van der Waals surface area (Å²) in [6.07, 6.45) is 4.03. The average molecular weight is 278 g/mol. The van der Waals surface area contributed by atoms with Crippen molar-refractivity contribution in [2.45, 2.75) is 51.1 Å². The molecular formula is C16H26N2S. The second kappa shape index (κ2) is 4.87. The minimum absolute atomic E-state index is 0.283. The molecule has 2 fully saturated rings. The van der Waals surface area contributed by atoms with Crippen LogP contribution in [0.1, 0.15) is 38.5 Å². The van der Waals surface area contributed by atoms with E-state index in [0.29, 0.717) is 5.54 Å². The molecule has 1 saturated carbocycles. The lowest BCUT2D eigenvalue weighted by atomic mass is 9.86. The molecule has 1 aromatic heterocycles. The van der Waals surface area contributed by atoms with Gasteiger partial charge in [0.2, 0.25) is 0 Å². The van der Waals surface area contributed by atoms with Gasteiger partial charge in [-0.2, -0.15) is 0 Å². The minimum atomic E-state index is 0.283. The quantitative estimate of drug-likeness (QED) is 0.910. The molecule has 1 aliphatic heterocycles. The van der Waals surface area contributed by atoms with Crippen LogP contribution in [-0.2, 0) is 6.42 Å². The van der Waals surface area contributed by atoms with Gasteiger partial charge in [-0.25, -0.2) is 0 Å². The number of hydrogen-bond acceptors (Lipinski definition) is 3. The Morgan fingerprint density at radius 3 is 2.79 bits per heavy atom. The lowest BCUT2D eigenvalue weighted by Crippen LogP contribution is -2.68. The third-order valence-electron chi connectivity index (χ3n) is 4.99. The molecule has 0 bridgehead atoms. The molecule has 2 nitrogen and oxygen atoms in total. The summed E-state index contributed by atoms with van der Waals surface area (Å²) in [6, 6.07) is 4.43. The van der Waals surface area contributed by atoms with E-state index in [4.69, 9.17) is 0 Å². The fourth-order valence-corrected chi connectivity index (χ4v) is 3.97. The second-order valence-corrected chi connectivity index (χ2v) is 8.14. The van der Waals surface area contributed by atoms with Crippen LogP contribution in [0.25, 0.3) is 0 Å². The third kappa shape index (κ3) is 2.88. The van der Waals surface area contributed by atoms with Crippen LogP contribution in [0, 0.1) is 5.92 Å². The van der Waals surface area contributed by atoms with Crippen molar-refractivity contribution in [1.29, 1.82) is 0 Å². The maximum atomic E-state index is 3.83. The first kappa shape index (κ1) is 13.6. The molecule has 1 N–H and O–H groups in total. The van der Waals surface area contributed by atoms with Gasteiger partial charge in [0.1, 0.15) is 0 Å². The van der Waals surface area contributed by atoms with E-state index in [-0.39, 0.29) is 5.54 Å². The van der Waals surface area contributed by atoms with Crippen molar-refractivity contribution in [2.75, 3.05) is 19.6 Å². The minimum Gasteiger partial charge on any atom is -0.308 e. The molecule has 106 valence electrons. The molecule has 3 heteroatoms. The Balaban J connectivity index is 1.65. The van der Waals surface area contributed by atoms with Gasteiger partial charge in [0.15, 0.2) is 0 Å². The van der Waals surface area contributed by atoms with E-state index in [0.717, 1.165) is 12.5 Å². The summed E-state index contributed by atoms with van der Waals surface area (Å²) >= 11 is 1.89. The van der Waals surface area contributed by atoms with E-state index in [1.54, 1.807) is 0 Å². The maximum Gasteiger partial charge on any atom is 0.0309 e. The SMILES string of the molecule is CC1(C2CC2)CN(CCc2cccs2)C(C)(C)CN1. The van der Waals surface area contributed by atoms with Gasteiger partial charge in [0, 0.05) is 35.6 Å². The van der Waals surface area contributed by atoms with E-state index < -0.39 is 0 Å². The first-order valence-electron chi connectivity index (χ1n) is 7.52. The molecular weight excluding hydrogens is 252 g/mol. The summed E-state index contributed by atoms with van der Waals surface area (Å²) in [5.74, 6) is 0.910. The predicted molar refractivity (Wildman–Crippen MR) is 82.8 cm³/mol. The summed E-state index contributed by atoms with van der Waals surface area (Å²) in [7, 11) is 0. The van der Waals surface area contributed by atoms with Crippen molar-refractivity contribution in [2.24, 2.45) is 5.92 Å². The Morgan fingerprint density at radius 2 is 2.16 bits per heavy atom.